The van der Waals surface area contributed by atoms with Crippen molar-refractivity contribution in [1.82, 2.24) is 14.8 Å². The maximum absolute atomic E-state index is 13.2. The van der Waals surface area contributed by atoms with Gasteiger partial charge >= 0.3 is 6.18 Å². The summed E-state index contributed by atoms with van der Waals surface area (Å²) in [7, 11) is 0. The van der Waals surface area contributed by atoms with Gasteiger partial charge in [-0.25, -0.2) is 4.98 Å². The van der Waals surface area contributed by atoms with Gasteiger partial charge in [0.15, 0.2) is 0 Å². The molecule has 0 bridgehead atoms. The minimum absolute atomic E-state index is 0.230. The van der Waals surface area contributed by atoms with E-state index in [1.807, 2.05) is 0 Å². The Kier molecular flexibility index (Phi) is 7.44. The topological polar surface area (TPSA) is 85.8 Å². The van der Waals surface area contributed by atoms with Gasteiger partial charge in [0.1, 0.15) is 29.7 Å². The molecule has 1 aromatic heterocycles. The van der Waals surface area contributed by atoms with Crippen molar-refractivity contribution in [2.24, 2.45) is 5.92 Å². The van der Waals surface area contributed by atoms with Crippen LogP contribution in [-0.4, -0.2) is 57.6 Å². The zero-order valence-electron chi connectivity index (χ0n) is 18.4. The molecular weight excluding hydrogens is 415 g/mol. The fourth-order valence-electron chi connectivity index (χ4n) is 3.69. The molecule has 0 saturated carbocycles. The lowest BCUT2D eigenvalue weighted by Crippen LogP contribution is -2.63. The first-order valence-corrected chi connectivity index (χ1v) is 10.2. The number of rotatable bonds is 5. The summed E-state index contributed by atoms with van der Waals surface area (Å²) in [4.78, 5) is 31.0. The second-order valence-electron chi connectivity index (χ2n) is 9.01. The number of carbonyl (C=O) groups is 2. The van der Waals surface area contributed by atoms with Crippen LogP contribution in [0.3, 0.4) is 0 Å². The molecule has 0 aromatic carbocycles. The molecule has 2 amide bonds. The van der Waals surface area contributed by atoms with Crippen molar-refractivity contribution in [2.45, 2.75) is 71.3 Å². The number of hydrogen-bond acceptors (Lipinski definition) is 5. The Bertz CT molecular complexity index is 768. The lowest BCUT2D eigenvalue weighted by molar-refractivity contribution is -0.274. The first-order valence-electron chi connectivity index (χ1n) is 10.2. The van der Waals surface area contributed by atoms with Gasteiger partial charge in [0.2, 0.25) is 5.91 Å². The third kappa shape index (κ3) is 6.24. The average molecular weight is 444 g/mol. The first kappa shape index (κ1) is 24.7. The fourth-order valence-corrected chi connectivity index (χ4v) is 3.69. The molecule has 31 heavy (non-hydrogen) atoms. The van der Waals surface area contributed by atoms with Crippen molar-refractivity contribution in [3.63, 3.8) is 0 Å². The molecule has 0 N–H and O–H groups in total. The average Bonchev–Trinajstić information content (AvgIpc) is 2.64. The summed E-state index contributed by atoms with van der Waals surface area (Å²) in [6.07, 6.45) is -4.20. The van der Waals surface area contributed by atoms with Gasteiger partial charge in [-0.3, -0.25) is 4.79 Å². The smallest absolute Gasteiger partial charge is 0.433 e. The molecule has 10 heteroatoms. The largest absolute Gasteiger partial charge is 0.530 e. The molecule has 1 atom stereocenters. The van der Waals surface area contributed by atoms with E-state index < -0.39 is 29.5 Å². The van der Waals surface area contributed by atoms with Gasteiger partial charge in [-0.1, -0.05) is 13.8 Å². The van der Waals surface area contributed by atoms with Gasteiger partial charge in [0.05, 0.1) is 6.20 Å². The summed E-state index contributed by atoms with van der Waals surface area (Å²) in [5.74, 6) is -0.311. The monoisotopic (exact) mass is 444 g/mol. The van der Waals surface area contributed by atoms with Crippen LogP contribution in [0.2, 0.25) is 0 Å². The van der Waals surface area contributed by atoms with Crippen LogP contribution in [0, 0.1) is 5.92 Å². The molecule has 174 valence electrons. The second-order valence-corrected chi connectivity index (χ2v) is 9.01. The van der Waals surface area contributed by atoms with E-state index >= 15 is 0 Å². The molecule has 2 rings (SSSR count). The lowest BCUT2D eigenvalue weighted by atomic mass is 9.94. The zero-order valence-corrected chi connectivity index (χ0v) is 18.4. The maximum Gasteiger partial charge on any atom is 0.433 e. The molecule has 0 spiro atoms. The predicted octanol–water partition coefficient (Wildman–Crippen LogP) is 2.94. The number of pyridine rings is 1. The molecule has 7 nitrogen and oxygen atoms in total. The van der Waals surface area contributed by atoms with Crippen LogP contribution in [0.15, 0.2) is 18.3 Å². The van der Waals surface area contributed by atoms with Crippen LogP contribution >= 0.6 is 0 Å². The first-order chi connectivity index (χ1) is 14.2. The number of carboxylic acid groups (broad SMARTS) is 1. The van der Waals surface area contributed by atoms with E-state index in [1.54, 1.807) is 39.5 Å². The number of aromatic nitrogens is 1. The van der Waals surface area contributed by atoms with Crippen LogP contribution in [0.1, 0.15) is 53.2 Å². The van der Waals surface area contributed by atoms with E-state index in [9.17, 15) is 27.9 Å². The summed E-state index contributed by atoms with van der Waals surface area (Å²) in [6, 6.07) is 1.22. The van der Waals surface area contributed by atoms with Crippen molar-refractivity contribution < 1.29 is 32.6 Å². The molecular formula is C21H29F3N3O4-. The summed E-state index contributed by atoms with van der Waals surface area (Å²) in [6.45, 7) is 9.42. The summed E-state index contributed by atoms with van der Waals surface area (Å²) in [5, 5.41) is 11.8. The molecule has 1 fully saturated rings. The predicted molar refractivity (Wildman–Crippen MR) is 105 cm³/mol. The highest BCUT2D eigenvalue weighted by Crippen LogP contribution is 2.29. The number of nitrogens with zero attached hydrogens (tertiary/aromatic N) is 3. The van der Waals surface area contributed by atoms with Crippen LogP contribution in [-0.2, 0) is 11.0 Å². The third-order valence-corrected chi connectivity index (χ3v) is 5.17. The Labute approximate surface area is 180 Å². The van der Waals surface area contributed by atoms with E-state index in [-0.39, 0.29) is 23.7 Å². The van der Waals surface area contributed by atoms with E-state index in [0.29, 0.717) is 25.9 Å². The molecule has 1 aliphatic rings. The highest BCUT2D eigenvalue weighted by Gasteiger charge is 2.39. The van der Waals surface area contributed by atoms with Crippen LogP contribution < -0.4 is 9.84 Å². The van der Waals surface area contributed by atoms with E-state index in [0.717, 1.165) is 17.2 Å². The number of amides is 2. The number of alkyl halides is 3. The normalized spacial score (nSPS) is 16.9. The molecule has 0 radical (unpaired) electrons. The van der Waals surface area contributed by atoms with Gasteiger partial charge in [-0.15, -0.1) is 0 Å². The summed E-state index contributed by atoms with van der Waals surface area (Å²) < 4.78 is 43.6. The number of carbonyl (C=O) groups excluding carboxylic acids is 2. The molecule has 2 heterocycles. The van der Waals surface area contributed by atoms with Crippen molar-refractivity contribution in [3.8, 4) is 5.75 Å². The Morgan fingerprint density at radius 3 is 2.16 bits per heavy atom. The van der Waals surface area contributed by atoms with E-state index in [4.69, 9.17) is 4.74 Å². The van der Waals surface area contributed by atoms with Gasteiger partial charge in [-0.05, 0) is 38.8 Å². The lowest BCUT2D eigenvalue weighted by Gasteiger charge is -2.46. The van der Waals surface area contributed by atoms with E-state index in [2.05, 4.69) is 4.98 Å². The summed E-state index contributed by atoms with van der Waals surface area (Å²) in [5.41, 5.74) is -1.79. The van der Waals surface area contributed by atoms with Crippen molar-refractivity contribution >= 4 is 12.0 Å². The Hall–Kier alpha value is -2.52. The molecule has 0 unspecified atom stereocenters. The number of piperidine rings is 1. The van der Waals surface area contributed by atoms with E-state index in [1.165, 1.54) is 6.07 Å². The van der Waals surface area contributed by atoms with Crippen molar-refractivity contribution in [2.75, 3.05) is 13.1 Å². The van der Waals surface area contributed by atoms with Crippen LogP contribution in [0.25, 0.3) is 0 Å². The molecule has 1 aliphatic heterocycles. The zero-order chi connectivity index (χ0) is 23.6. The third-order valence-electron chi connectivity index (χ3n) is 5.17. The number of ether oxygens (including phenoxy) is 1. The highest BCUT2D eigenvalue weighted by atomic mass is 19.4. The Morgan fingerprint density at radius 1 is 1.19 bits per heavy atom. The maximum atomic E-state index is 13.2. The standard InChI is InChI=1S/C21H30F3N3O4/c1-13(2)17(27(19(29)30)20(3,4)5)18(28)26-10-8-14(9-11-26)31-15-6-7-16(25-12-15)21(22,23)24/h6-7,12-14,17H,8-11H2,1-5H3,(H,29,30)/p-1/t17-/m0/s1. The van der Waals surface area contributed by atoms with Crippen molar-refractivity contribution in [3.05, 3.63) is 24.0 Å². The minimum atomic E-state index is -4.51. The molecule has 1 saturated heterocycles. The van der Waals surface area contributed by atoms with Crippen molar-refractivity contribution in [1.29, 1.82) is 0 Å². The van der Waals surface area contributed by atoms with Gasteiger partial charge < -0.3 is 24.4 Å². The fraction of sp³-hybridized carbons (Fsp3) is 0.667. The highest BCUT2D eigenvalue weighted by molar-refractivity contribution is 5.85. The number of hydrogen-bond donors (Lipinski definition) is 0. The SMILES string of the molecule is CC(C)[C@@H](C(=O)N1CCC(Oc2ccc(C(F)(F)F)nc2)CC1)N(C(=O)[O-])C(C)(C)C. The quantitative estimate of drug-likeness (QED) is 0.697. The Balaban J connectivity index is 2.02. The van der Waals surface area contributed by atoms with Gasteiger partial charge in [0, 0.05) is 31.5 Å². The number of likely N-dealkylation sites (tertiary alicyclic amines) is 1. The minimum Gasteiger partial charge on any atom is -0.530 e. The number of halogens is 3. The van der Waals surface area contributed by atoms with Gasteiger partial charge in [0.25, 0.3) is 0 Å². The second kappa shape index (κ2) is 9.32. The van der Waals surface area contributed by atoms with Crippen LogP contribution in [0.4, 0.5) is 18.0 Å². The van der Waals surface area contributed by atoms with Gasteiger partial charge in [-0.2, -0.15) is 13.2 Å². The molecule has 0 aliphatic carbocycles. The van der Waals surface area contributed by atoms with Crippen LogP contribution in [0.5, 0.6) is 5.75 Å². The molecule has 1 aromatic rings. The Morgan fingerprint density at radius 2 is 1.77 bits per heavy atom. The summed E-state index contributed by atoms with van der Waals surface area (Å²) >= 11 is 0.